The lowest BCUT2D eigenvalue weighted by Crippen LogP contribution is -2.35. The Balaban J connectivity index is 1.86. The molecule has 3 heteroatoms. The number of hydrogen-bond donors (Lipinski definition) is 0. The van der Waals surface area contributed by atoms with Gasteiger partial charge in [0.25, 0.3) is 0 Å². The quantitative estimate of drug-likeness (QED) is 0.761. The van der Waals surface area contributed by atoms with Gasteiger partial charge in [0.2, 0.25) is 5.90 Å². The lowest BCUT2D eigenvalue weighted by molar-refractivity contribution is -0.140. The molecule has 0 aromatic heterocycles. The zero-order chi connectivity index (χ0) is 13.3. The van der Waals surface area contributed by atoms with Gasteiger partial charge in [-0.2, -0.15) is 0 Å². The van der Waals surface area contributed by atoms with Crippen LogP contribution in [-0.4, -0.2) is 17.4 Å². The normalized spacial score (nSPS) is 23.0. The number of aliphatic imine (C=N–C) groups is 1. The Morgan fingerprint density at radius 1 is 1.16 bits per heavy atom. The van der Waals surface area contributed by atoms with Crippen LogP contribution in [0, 0.1) is 0 Å². The van der Waals surface area contributed by atoms with Crippen molar-refractivity contribution in [2.45, 2.75) is 50.5 Å². The Labute approximate surface area is 113 Å². The molecule has 1 fully saturated rings. The maximum atomic E-state index is 12.2. The van der Waals surface area contributed by atoms with Crippen molar-refractivity contribution < 1.29 is 9.53 Å². The van der Waals surface area contributed by atoms with E-state index in [0.29, 0.717) is 5.90 Å². The van der Waals surface area contributed by atoms with E-state index in [1.54, 1.807) is 0 Å². The highest BCUT2D eigenvalue weighted by Gasteiger charge is 2.47. The zero-order valence-corrected chi connectivity index (χ0v) is 11.3. The van der Waals surface area contributed by atoms with E-state index >= 15 is 0 Å². The van der Waals surface area contributed by atoms with Crippen molar-refractivity contribution in [1.82, 2.24) is 0 Å². The summed E-state index contributed by atoms with van der Waals surface area (Å²) in [6, 6.07) is 10.1. The van der Waals surface area contributed by atoms with E-state index in [4.69, 9.17) is 4.74 Å². The minimum atomic E-state index is -0.559. The lowest BCUT2D eigenvalue weighted by atomic mass is 9.82. The molecule has 0 saturated heterocycles. The van der Waals surface area contributed by atoms with Crippen molar-refractivity contribution in [2.75, 3.05) is 0 Å². The van der Waals surface area contributed by atoms with Gasteiger partial charge in [-0.25, -0.2) is 9.79 Å². The molecule has 1 heterocycles. The number of nitrogens with zero attached hydrogens (tertiary/aromatic N) is 1. The smallest absolute Gasteiger partial charge is 0.340 e. The Bertz CT molecular complexity index is 501. The van der Waals surface area contributed by atoms with Crippen molar-refractivity contribution in [3.05, 3.63) is 35.9 Å². The molecule has 0 bridgehead atoms. The second-order valence-electron chi connectivity index (χ2n) is 5.56. The number of cyclic esters (lactones) is 1. The van der Waals surface area contributed by atoms with E-state index in [1.165, 1.54) is 6.42 Å². The van der Waals surface area contributed by atoms with Gasteiger partial charge in [0.1, 0.15) is 0 Å². The minimum Gasteiger partial charge on any atom is -0.409 e. The van der Waals surface area contributed by atoms with Gasteiger partial charge < -0.3 is 4.74 Å². The van der Waals surface area contributed by atoms with Crippen molar-refractivity contribution >= 4 is 11.9 Å². The van der Waals surface area contributed by atoms with Crippen molar-refractivity contribution in [3.63, 3.8) is 0 Å². The fourth-order valence-corrected chi connectivity index (χ4v) is 2.99. The maximum Gasteiger partial charge on any atom is 0.340 e. The topological polar surface area (TPSA) is 38.7 Å². The fraction of sp³-hybridized carbons (Fsp3) is 0.500. The molecule has 1 unspecified atom stereocenters. The first-order valence-corrected chi connectivity index (χ1v) is 7.08. The molecule has 1 saturated carbocycles. The fourth-order valence-electron chi connectivity index (χ4n) is 2.99. The first-order chi connectivity index (χ1) is 9.21. The highest BCUT2D eigenvalue weighted by atomic mass is 16.6. The van der Waals surface area contributed by atoms with Crippen LogP contribution in [0.5, 0.6) is 0 Å². The molecule has 1 aromatic carbocycles. The van der Waals surface area contributed by atoms with Crippen LogP contribution in [0.1, 0.15) is 50.5 Å². The average molecular weight is 257 g/mol. The summed E-state index contributed by atoms with van der Waals surface area (Å²) in [4.78, 5) is 16.8. The van der Waals surface area contributed by atoms with E-state index in [9.17, 15) is 4.79 Å². The first kappa shape index (κ1) is 12.4. The third kappa shape index (κ3) is 2.18. The minimum absolute atomic E-state index is 0.0476. The summed E-state index contributed by atoms with van der Waals surface area (Å²) >= 11 is 0. The van der Waals surface area contributed by atoms with E-state index < -0.39 is 5.54 Å². The Morgan fingerprint density at radius 2 is 1.84 bits per heavy atom. The first-order valence-electron chi connectivity index (χ1n) is 7.08. The third-order valence-corrected chi connectivity index (χ3v) is 4.25. The van der Waals surface area contributed by atoms with Gasteiger partial charge in [-0.15, -0.1) is 0 Å². The van der Waals surface area contributed by atoms with Gasteiger partial charge in [-0.05, 0) is 25.3 Å². The third-order valence-electron chi connectivity index (χ3n) is 4.25. The molecule has 19 heavy (non-hydrogen) atoms. The van der Waals surface area contributed by atoms with E-state index in [0.717, 1.165) is 31.2 Å². The molecule has 1 atom stereocenters. The van der Waals surface area contributed by atoms with Crippen molar-refractivity contribution in [3.8, 4) is 0 Å². The number of rotatable bonds is 2. The molecule has 3 rings (SSSR count). The van der Waals surface area contributed by atoms with Crippen molar-refractivity contribution in [2.24, 2.45) is 4.99 Å². The van der Waals surface area contributed by atoms with Crippen LogP contribution in [0.15, 0.2) is 35.3 Å². The van der Waals surface area contributed by atoms with Gasteiger partial charge in [-0.1, -0.05) is 49.6 Å². The second kappa shape index (κ2) is 4.80. The van der Waals surface area contributed by atoms with Gasteiger partial charge in [-0.3, -0.25) is 0 Å². The zero-order valence-electron chi connectivity index (χ0n) is 11.3. The van der Waals surface area contributed by atoms with Gasteiger partial charge >= 0.3 is 5.97 Å². The van der Waals surface area contributed by atoms with Crippen LogP contribution in [0.3, 0.4) is 0 Å². The molecule has 1 aromatic rings. The molecule has 100 valence electrons. The molecule has 1 aliphatic heterocycles. The Hall–Kier alpha value is -1.64. The molecular formula is C16H19NO2. The summed E-state index contributed by atoms with van der Waals surface area (Å²) in [6.07, 6.45) is 5.04. The molecule has 0 amide bonds. The SMILES string of the molecule is CC(C1=NC2(CCCCC2)C(=O)O1)c1ccccc1. The summed E-state index contributed by atoms with van der Waals surface area (Å²) in [5.41, 5.74) is 0.582. The molecule has 1 aliphatic carbocycles. The predicted octanol–water partition coefficient (Wildman–Crippen LogP) is 3.45. The lowest BCUT2D eigenvalue weighted by Gasteiger charge is -2.25. The average Bonchev–Trinajstić information content (AvgIpc) is 2.77. The monoisotopic (exact) mass is 257 g/mol. The summed E-state index contributed by atoms with van der Waals surface area (Å²) in [5.74, 6) is 0.509. The Morgan fingerprint density at radius 3 is 2.53 bits per heavy atom. The number of benzene rings is 1. The molecular weight excluding hydrogens is 238 g/mol. The van der Waals surface area contributed by atoms with Crippen LogP contribution >= 0.6 is 0 Å². The maximum absolute atomic E-state index is 12.2. The molecule has 0 N–H and O–H groups in total. The van der Waals surface area contributed by atoms with Crippen LogP contribution in [0.4, 0.5) is 0 Å². The highest BCUT2D eigenvalue weighted by molar-refractivity contribution is 6.02. The van der Waals surface area contributed by atoms with Crippen LogP contribution in [0.25, 0.3) is 0 Å². The summed E-state index contributed by atoms with van der Waals surface area (Å²) in [6.45, 7) is 2.04. The van der Waals surface area contributed by atoms with Crippen LogP contribution in [-0.2, 0) is 9.53 Å². The number of carbonyl (C=O) groups excluding carboxylic acids is 1. The van der Waals surface area contributed by atoms with E-state index in [-0.39, 0.29) is 11.9 Å². The number of carbonyl (C=O) groups is 1. The molecule has 2 aliphatic rings. The number of hydrogen-bond acceptors (Lipinski definition) is 3. The Kier molecular flexibility index (Phi) is 3.13. The standard InChI is InChI=1S/C16H19NO2/c1-12(13-8-4-2-5-9-13)14-17-16(15(18)19-14)10-6-3-7-11-16/h2,4-5,8-9,12H,3,6-7,10-11H2,1H3. The molecule has 3 nitrogen and oxygen atoms in total. The van der Waals surface area contributed by atoms with Gasteiger partial charge in [0.05, 0.1) is 5.92 Å². The summed E-state index contributed by atoms with van der Waals surface area (Å²) < 4.78 is 5.48. The second-order valence-corrected chi connectivity index (χ2v) is 5.56. The van der Waals surface area contributed by atoms with Gasteiger partial charge in [0, 0.05) is 0 Å². The number of ether oxygens (including phenoxy) is 1. The molecule has 1 spiro atoms. The van der Waals surface area contributed by atoms with Crippen LogP contribution in [0.2, 0.25) is 0 Å². The van der Waals surface area contributed by atoms with Crippen molar-refractivity contribution in [1.29, 1.82) is 0 Å². The van der Waals surface area contributed by atoms with E-state index in [1.807, 2.05) is 37.3 Å². The van der Waals surface area contributed by atoms with Crippen LogP contribution < -0.4 is 0 Å². The summed E-state index contributed by atoms with van der Waals surface area (Å²) in [5, 5.41) is 0. The largest absolute Gasteiger partial charge is 0.409 e. The summed E-state index contributed by atoms with van der Waals surface area (Å²) in [7, 11) is 0. The number of esters is 1. The van der Waals surface area contributed by atoms with Gasteiger partial charge in [0.15, 0.2) is 5.54 Å². The predicted molar refractivity (Wildman–Crippen MR) is 74.2 cm³/mol. The van der Waals surface area contributed by atoms with E-state index in [2.05, 4.69) is 4.99 Å². The molecule has 0 radical (unpaired) electrons. The highest BCUT2D eigenvalue weighted by Crippen LogP contribution is 2.38.